The maximum absolute atomic E-state index is 13.0. The third-order valence-electron chi connectivity index (χ3n) is 6.84. The number of pyridine rings is 1. The van der Waals surface area contributed by atoms with Gasteiger partial charge in [0.1, 0.15) is 6.54 Å². The molecule has 0 saturated heterocycles. The lowest BCUT2D eigenvalue weighted by atomic mass is 9.94. The van der Waals surface area contributed by atoms with Gasteiger partial charge in [-0.05, 0) is 38.9 Å². The Balaban J connectivity index is 1.53. The molecule has 0 radical (unpaired) electrons. The molecule has 0 spiro atoms. The van der Waals surface area contributed by atoms with E-state index in [9.17, 15) is 9.59 Å². The van der Waals surface area contributed by atoms with Crippen LogP contribution < -0.4 is 5.56 Å². The second kappa shape index (κ2) is 8.83. The van der Waals surface area contributed by atoms with Crippen LogP contribution in [0.4, 0.5) is 0 Å². The van der Waals surface area contributed by atoms with E-state index in [0.29, 0.717) is 18.0 Å². The van der Waals surface area contributed by atoms with E-state index in [4.69, 9.17) is 0 Å². The topological polar surface area (TPSA) is 63.4 Å². The summed E-state index contributed by atoms with van der Waals surface area (Å²) in [4.78, 5) is 29.9. The quantitative estimate of drug-likeness (QED) is 0.612. The monoisotopic (exact) mass is 423 g/mol. The minimum absolute atomic E-state index is 0.00326. The van der Waals surface area contributed by atoms with Gasteiger partial charge in [0.2, 0.25) is 5.91 Å². The standard InChI is InChI=1S/C24H33N5O2/c1-17-10-11-21-19(14-17)23-20(24(31)28(21)4)15-25-29(23)16-22(30)27(3)13-12-26(2)18-8-6-5-7-9-18/h10-11,14-15,18H,5-9,12-13,16H2,1-4H3. The van der Waals surface area contributed by atoms with Crippen molar-refractivity contribution in [3.63, 3.8) is 0 Å². The number of aryl methyl sites for hydroxylation is 2. The normalized spacial score (nSPS) is 15.3. The highest BCUT2D eigenvalue weighted by Crippen LogP contribution is 2.24. The fourth-order valence-corrected chi connectivity index (χ4v) is 4.75. The number of benzene rings is 1. The molecule has 166 valence electrons. The molecule has 2 heterocycles. The molecule has 0 atom stereocenters. The summed E-state index contributed by atoms with van der Waals surface area (Å²) >= 11 is 0. The van der Waals surface area contributed by atoms with Crippen LogP contribution in [-0.4, -0.2) is 63.3 Å². The number of nitrogens with zero attached hydrogens (tertiary/aromatic N) is 5. The van der Waals surface area contributed by atoms with E-state index in [1.54, 1.807) is 27.4 Å². The fraction of sp³-hybridized carbons (Fsp3) is 0.542. The lowest BCUT2D eigenvalue weighted by Crippen LogP contribution is -2.41. The number of rotatable bonds is 6. The summed E-state index contributed by atoms with van der Waals surface area (Å²) in [5.41, 5.74) is 2.60. The Morgan fingerprint density at radius 3 is 2.61 bits per heavy atom. The van der Waals surface area contributed by atoms with Crippen LogP contribution in [0.15, 0.2) is 29.2 Å². The largest absolute Gasteiger partial charge is 0.343 e. The summed E-state index contributed by atoms with van der Waals surface area (Å²) in [7, 11) is 5.79. The maximum Gasteiger partial charge on any atom is 0.261 e. The summed E-state index contributed by atoms with van der Waals surface area (Å²) in [6.45, 7) is 3.71. The average Bonchev–Trinajstić information content (AvgIpc) is 3.19. The van der Waals surface area contributed by atoms with E-state index in [1.165, 1.54) is 32.1 Å². The summed E-state index contributed by atoms with van der Waals surface area (Å²) in [5.74, 6) is 0.00326. The van der Waals surface area contributed by atoms with Crippen molar-refractivity contribution in [2.45, 2.75) is 51.6 Å². The SMILES string of the molecule is Cc1ccc2c(c1)c1c(cnn1CC(=O)N(C)CCN(C)C1CCCCC1)c(=O)n2C. The zero-order valence-corrected chi connectivity index (χ0v) is 19.1. The first-order valence-electron chi connectivity index (χ1n) is 11.3. The smallest absolute Gasteiger partial charge is 0.261 e. The molecule has 4 rings (SSSR count). The van der Waals surface area contributed by atoms with E-state index in [2.05, 4.69) is 23.1 Å². The predicted molar refractivity (Wildman–Crippen MR) is 124 cm³/mol. The highest BCUT2D eigenvalue weighted by Gasteiger charge is 2.20. The number of hydrogen-bond donors (Lipinski definition) is 0. The zero-order valence-electron chi connectivity index (χ0n) is 19.1. The average molecular weight is 424 g/mol. The first kappa shape index (κ1) is 21.6. The van der Waals surface area contributed by atoms with Crippen molar-refractivity contribution >= 4 is 27.7 Å². The van der Waals surface area contributed by atoms with E-state index in [0.717, 1.165) is 28.5 Å². The summed E-state index contributed by atoms with van der Waals surface area (Å²) in [5, 5.41) is 5.91. The molecule has 1 aliphatic carbocycles. The number of amides is 1. The highest BCUT2D eigenvalue weighted by atomic mass is 16.2. The molecule has 1 fully saturated rings. The molecule has 0 unspecified atom stereocenters. The molecule has 0 aliphatic heterocycles. The summed E-state index contributed by atoms with van der Waals surface area (Å²) in [6, 6.07) is 6.65. The second-order valence-electron chi connectivity index (χ2n) is 9.04. The van der Waals surface area contributed by atoms with Gasteiger partial charge in [0.15, 0.2) is 0 Å². The Hall–Kier alpha value is -2.67. The van der Waals surface area contributed by atoms with Crippen molar-refractivity contribution < 1.29 is 4.79 Å². The number of hydrogen-bond acceptors (Lipinski definition) is 4. The fourth-order valence-electron chi connectivity index (χ4n) is 4.75. The Bertz CT molecular complexity index is 1160. The molecule has 1 aromatic carbocycles. The van der Waals surface area contributed by atoms with Crippen LogP contribution in [0, 0.1) is 6.92 Å². The third kappa shape index (κ3) is 4.24. The van der Waals surface area contributed by atoms with Crippen LogP contribution in [0.1, 0.15) is 37.7 Å². The van der Waals surface area contributed by atoms with Crippen LogP contribution >= 0.6 is 0 Å². The summed E-state index contributed by atoms with van der Waals surface area (Å²) in [6.07, 6.45) is 8.07. The maximum atomic E-state index is 13.0. The molecule has 1 aliphatic rings. The lowest BCUT2D eigenvalue weighted by molar-refractivity contribution is -0.130. The molecular formula is C24H33N5O2. The van der Waals surface area contributed by atoms with Crippen molar-refractivity contribution in [3.8, 4) is 0 Å². The van der Waals surface area contributed by atoms with Gasteiger partial charge in [0.05, 0.1) is 22.6 Å². The van der Waals surface area contributed by atoms with E-state index in [1.807, 2.05) is 26.1 Å². The molecule has 1 saturated carbocycles. The molecule has 7 nitrogen and oxygen atoms in total. The zero-order chi connectivity index (χ0) is 22.1. The van der Waals surface area contributed by atoms with Crippen LogP contribution in [0.2, 0.25) is 0 Å². The van der Waals surface area contributed by atoms with Crippen LogP contribution in [0.25, 0.3) is 21.8 Å². The molecule has 0 N–H and O–H groups in total. The number of carbonyl (C=O) groups excluding carboxylic acids is 1. The Morgan fingerprint density at radius 2 is 1.87 bits per heavy atom. The molecule has 7 heteroatoms. The first-order chi connectivity index (χ1) is 14.9. The van der Waals surface area contributed by atoms with Gasteiger partial charge in [-0.3, -0.25) is 14.3 Å². The highest BCUT2D eigenvalue weighted by molar-refractivity contribution is 6.04. The number of fused-ring (bicyclic) bond motifs is 3. The van der Waals surface area contributed by atoms with Gasteiger partial charge in [-0.15, -0.1) is 0 Å². The van der Waals surface area contributed by atoms with Gasteiger partial charge >= 0.3 is 0 Å². The van der Waals surface area contributed by atoms with Crippen LogP contribution in [0.5, 0.6) is 0 Å². The molecule has 31 heavy (non-hydrogen) atoms. The third-order valence-corrected chi connectivity index (χ3v) is 6.84. The van der Waals surface area contributed by atoms with E-state index >= 15 is 0 Å². The van der Waals surface area contributed by atoms with Gasteiger partial charge in [-0.2, -0.15) is 5.10 Å². The van der Waals surface area contributed by atoms with Crippen molar-refractivity contribution in [1.29, 1.82) is 0 Å². The molecule has 1 amide bonds. The molecule has 0 bridgehead atoms. The predicted octanol–water partition coefficient (Wildman–Crippen LogP) is 2.92. The van der Waals surface area contributed by atoms with Gasteiger partial charge in [-0.1, -0.05) is 30.9 Å². The molecule has 3 aromatic rings. The minimum atomic E-state index is -0.0903. The van der Waals surface area contributed by atoms with Gasteiger partial charge in [0.25, 0.3) is 5.56 Å². The van der Waals surface area contributed by atoms with E-state index in [-0.39, 0.29) is 18.0 Å². The van der Waals surface area contributed by atoms with Gasteiger partial charge in [0, 0.05) is 38.6 Å². The van der Waals surface area contributed by atoms with Crippen LogP contribution in [-0.2, 0) is 18.4 Å². The van der Waals surface area contributed by atoms with Crippen molar-refractivity contribution in [1.82, 2.24) is 24.1 Å². The molecule has 2 aromatic heterocycles. The number of likely N-dealkylation sites (N-methyl/N-ethyl adjacent to an activating group) is 2. The molecular weight excluding hydrogens is 390 g/mol. The van der Waals surface area contributed by atoms with Crippen molar-refractivity contribution in [2.24, 2.45) is 7.05 Å². The van der Waals surface area contributed by atoms with Crippen LogP contribution in [0.3, 0.4) is 0 Å². The second-order valence-corrected chi connectivity index (χ2v) is 9.04. The van der Waals surface area contributed by atoms with E-state index < -0.39 is 0 Å². The van der Waals surface area contributed by atoms with Gasteiger partial charge < -0.3 is 14.4 Å². The van der Waals surface area contributed by atoms with Crippen molar-refractivity contribution in [3.05, 3.63) is 40.3 Å². The Kier molecular flexibility index (Phi) is 6.14. The Labute approximate surface area is 183 Å². The summed E-state index contributed by atoms with van der Waals surface area (Å²) < 4.78 is 3.33. The Morgan fingerprint density at radius 1 is 1.13 bits per heavy atom. The van der Waals surface area contributed by atoms with Gasteiger partial charge in [-0.25, -0.2) is 0 Å². The number of carbonyl (C=O) groups is 1. The number of aromatic nitrogens is 3. The lowest BCUT2D eigenvalue weighted by Gasteiger charge is -2.32. The first-order valence-corrected chi connectivity index (χ1v) is 11.3. The minimum Gasteiger partial charge on any atom is -0.343 e. The van der Waals surface area contributed by atoms with Crippen molar-refractivity contribution in [2.75, 3.05) is 27.2 Å².